The second kappa shape index (κ2) is 8.42. The molecule has 11 heteroatoms. The third-order valence-corrected chi connectivity index (χ3v) is 6.10. The van der Waals surface area contributed by atoms with Gasteiger partial charge in [0.15, 0.2) is 11.1 Å². The molecule has 4 heterocycles. The van der Waals surface area contributed by atoms with Crippen molar-refractivity contribution in [1.82, 2.24) is 20.1 Å². The van der Waals surface area contributed by atoms with E-state index >= 15 is 0 Å². The predicted molar refractivity (Wildman–Crippen MR) is 120 cm³/mol. The van der Waals surface area contributed by atoms with E-state index in [-0.39, 0.29) is 31.4 Å². The number of nitrogens with zero attached hydrogens (tertiary/aromatic N) is 3. The molecule has 1 atom stereocenters. The molecule has 1 N–H and O–H groups in total. The fourth-order valence-corrected chi connectivity index (χ4v) is 4.42. The number of furan rings is 1. The first-order chi connectivity index (χ1) is 16.9. The molecule has 35 heavy (non-hydrogen) atoms. The van der Waals surface area contributed by atoms with Crippen LogP contribution in [0.1, 0.15) is 28.6 Å². The molecule has 180 valence electrons. The van der Waals surface area contributed by atoms with Crippen molar-refractivity contribution in [3.63, 3.8) is 0 Å². The number of rotatable bonds is 7. The van der Waals surface area contributed by atoms with Crippen molar-refractivity contribution in [2.24, 2.45) is 0 Å². The molecule has 4 amide bonds. The lowest BCUT2D eigenvalue weighted by Crippen LogP contribution is -2.52. The molecule has 0 saturated carbocycles. The van der Waals surface area contributed by atoms with E-state index in [0.29, 0.717) is 22.4 Å². The zero-order valence-electron chi connectivity index (χ0n) is 19.1. The summed E-state index contributed by atoms with van der Waals surface area (Å²) in [6.07, 6.45) is 1.57. The minimum absolute atomic E-state index is 0.104. The molecular weight excluding hydrogens is 456 g/mol. The average molecular weight is 478 g/mol. The normalized spacial score (nSPS) is 19.3. The molecule has 1 aromatic carbocycles. The Morgan fingerprint density at radius 2 is 2.06 bits per heavy atom. The van der Waals surface area contributed by atoms with Gasteiger partial charge in [-0.3, -0.25) is 24.3 Å². The van der Waals surface area contributed by atoms with Crippen molar-refractivity contribution in [2.75, 3.05) is 26.8 Å². The Balaban J connectivity index is 1.54. The Labute approximate surface area is 199 Å². The van der Waals surface area contributed by atoms with Crippen molar-refractivity contribution < 1.29 is 33.1 Å². The highest BCUT2D eigenvalue weighted by atomic mass is 16.5. The maximum absolute atomic E-state index is 13.7. The van der Waals surface area contributed by atoms with E-state index in [1.165, 1.54) is 12.0 Å². The Hall–Kier alpha value is -4.41. The van der Waals surface area contributed by atoms with E-state index < -0.39 is 30.0 Å². The number of nitrogens with one attached hydrogen (secondary N) is 1. The Morgan fingerprint density at radius 3 is 2.80 bits per heavy atom. The highest BCUT2D eigenvalue weighted by Gasteiger charge is 2.57. The van der Waals surface area contributed by atoms with E-state index in [4.69, 9.17) is 13.9 Å². The van der Waals surface area contributed by atoms with E-state index in [0.717, 1.165) is 10.5 Å². The summed E-state index contributed by atoms with van der Waals surface area (Å²) < 4.78 is 16.1. The van der Waals surface area contributed by atoms with E-state index in [9.17, 15) is 19.2 Å². The zero-order chi connectivity index (χ0) is 24.7. The number of ether oxygens (including phenoxy) is 2. The number of carbonyl (C=O) groups is 4. The van der Waals surface area contributed by atoms with Crippen LogP contribution in [0, 0.1) is 0 Å². The number of benzene rings is 1. The molecule has 11 nitrogen and oxygen atoms in total. The average Bonchev–Trinajstić information content (AvgIpc) is 3.49. The number of esters is 1. The SMILES string of the molecule is CCOC(=O)CN1C(=O)N[C@@](CN2Cc3ccc(OC)cc3C2=O)(c2cc3ncccc3o2)C1=O. The molecule has 3 aromatic rings. The van der Waals surface area contributed by atoms with Crippen molar-refractivity contribution in [1.29, 1.82) is 0 Å². The Kier molecular flexibility index (Phi) is 5.39. The van der Waals surface area contributed by atoms with Gasteiger partial charge < -0.3 is 24.1 Å². The summed E-state index contributed by atoms with van der Waals surface area (Å²) in [6, 6.07) is 9.29. The highest BCUT2D eigenvalue weighted by Crippen LogP contribution is 2.36. The number of amides is 4. The van der Waals surface area contributed by atoms with E-state index in [2.05, 4.69) is 10.3 Å². The van der Waals surface area contributed by atoms with Gasteiger partial charge in [-0.15, -0.1) is 0 Å². The summed E-state index contributed by atoms with van der Waals surface area (Å²) in [5.41, 5.74) is 0.344. The van der Waals surface area contributed by atoms with Gasteiger partial charge in [0.25, 0.3) is 11.8 Å². The lowest BCUT2D eigenvalue weighted by molar-refractivity contribution is -0.147. The lowest BCUT2D eigenvalue weighted by Gasteiger charge is -2.29. The maximum Gasteiger partial charge on any atom is 0.326 e. The van der Waals surface area contributed by atoms with E-state index in [1.807, 2.05) is 0 Å². The van der Waals surface area contributed by atoms with Gasteiger partial charge in [0.1, 0.15) is 23.6 Å². The molecule has 2 aromatic heterocycles. The second-order valence-electron chi connectivity index (χ2n) is 8.21. The Bertz CT molecular complexity index is 1330. The van der Waals surface area contributed by atoms with Gasteiger partial charge in [0.05, 0.1) is 20.3 Å². The number of urea groups is 1. The number of pyridine rings is 1. The van der Waals surface area contributed by atoms with Crippen LogP contribution in [0.3, 0.4) is 0 Å². The minimum atomic E-state index is -1.76. The van der Waals surface area contributed by atoms with Crippen LogP contribution in [0.4, 0.5) is 4.79 Å². The zero-order valence-corrected chi connectivity index (χ0v) is 19.1. The molecule has 5 rings (SSSR count). The number of carbonyl (C=O) groups excluding carboxylic acids is 4. The number of methoxy groups -OCH3 is 1. The largest absolute Gasteiger partial charge is 0.497 e. The molecular formula is C24H22N4O7. The number of hydrogen-bond acceptors (Lipinski definition) is 8. The molecule has 2 aliphatic heterocycles. The summed E-state index contributed by atoms with van der Waals surface area (Å²) in [5.74, 6) is -1.13. The molecule has 0 aliphatic carbocycles. The van der Waals surface area contributed by atoms with Gasteiger partial charge in [0.2, 0.25) is 0 Å². The summed E-state index contributed by atoms with van der Waals surface area (Å²) in [5, 5.41) is 2.68. The van der Waals surface area contributed by atoms with Crippen molar-refractivity contribution in [3.05, 3.63) is 59.5 Å². The summed E-state index contributed by atoms with van der Waals surface area (Å²) in [6.45, 7) is 1.17. The van der Waals surface area contributed by atoms with Crippen LogP contribution in [0.2, 0.25) is 0 Å². The fraction of sp³-hybridized carbons (Fsp3) is 0.292. The first-order valence-corrected chi connectivity index (χ1v) is 11.0. The van der Waals surface area contributed by atoms with Crippen LogP contribution >= 0.6 is 0 Å². The van der Waals surface area contributed by atoms with Crippen LogP contribution in [-0.2, 0) is 26.4 Å². The van der Waals surface area contributed by atoms with Crippen LogP contribution in [0.15, 0.2) is 47.0 Å². The van der Waals surface area contributed by atoms with Crippen molar-refractivity contribution in [3.8, 4) is 5.75 Å². The first-order valence-electron chi connectivity index (χ1n) is 11.0. The molecule has 1 fully saturated rings. The monoisotopic (exact) mass is 478 g/mol. The summed E-state index contributed by atoms with van der Waals surface area (Å²) in [4.78, 5) is 58.4. The minimum Gasteiger partial charge on any atom is -0.497 e. The molecule has 2 aliphatic rings. The highest BCUT2D eigenvalue weighted by molar-refractivity contribution is 6.10. The quantitative estimate of drug-likeness (QED) is 0.402. The number of hydrogen-bond donors (Lipinski definition) is 1. The van der Waals surface area contributed by atoms with Crippen LogP contribution < -0.4 is 10.1 Å². The molecule has 0 bridgehead atoms. The standard InChI is InChI=1S/C24H22N4O7/c1-3-34-20(29)12-28-22(31)24(26-23(28)32,19-10-17-18(35-19)5-4-8-25-17)13-27-11-14-6-7-15(33-2)9-16(14)21(27)30/h4-10H,3,11-13H2,1-2H3,(H,26,32)/t24-/m0/s1. The maximum atomic E-state index is 13.7. The number of fused-ring (bicyclic) bond motifs is 2. The topological polar surface area (TPSA) is 131 Å². The van der Waals surface area contributed by atoms with Crippen molar-refractivity contribution >= 4 is 34.9 Å². The molecule has 0 radical (unpaired) electrons. The summed E-state index contributed by atoms with van der Waals surface area (Å²) in [7, 11) is 1.51. The molecule has 0 unspecified atom stereocenters. The van der Waals surface area contributed by atoms with E-state index in [1.54, 1.807) is 49.5 Å². The van der Waals surface area contributed by atoms with Crippen LogP contribution in [0.25, 0.3) is 11.1 Å². The van der Waals surface area contributed by atoms with Gasteiger partial charge >= 0.3 is 12.0 Å². The second-order valence-corrected chi connectivity index (χ2v) is 8.21. The molecule has 1 saturated heterocycles. The number of aromatic nitrogens is 1. The van der Waals surface area contributed by atoms with Gasteiger partial charge in [-0.1, -0.05) is 6.07 Å². The third-order valence-electron chi connectivity index (χ3n) is 6.10. The smallest absolute Gasteiger partial charge is 0.326 e. The predicted octanol–water partition coefficient (Wildman–Crippen LogP) is 1.80. The van der Waals surface area contributed by atoms with Gasteiger partial charge in [-0.05, 0) is 36.8 Å². The van der Waals surface area contributed by atoms with Gasteiger partial charge in [0, 0.05) is 24.4 Å². The summed E-state index contributed by atoms with van der Waals surface area (Å²) >= 11 is 0. The van der Waals surface area contributed by atoms with Gasteiger partial charge in [-0.2, -0.15) is 0 Å². The van der Waals surface area contributed by atoms with Crippen LogP contribution in [-0.4, -0.2) is 65.4 Å². The lowest BCUT2D eigenvalue weighted by atomic mass is 9.95. The third kappa shape index (κ3) is 3.65. The van der Waals surface area contributed by atoms with Crippen LogP contribution in [0.5, 0.6) is 5.75 Å². The van der Waals surface area contributed by atoms with Crippen molar-refractivity contribution in [2.45, 2.75) is 19.0 Å². The number of imide groups is 1. The molecule has 0 spiro atoms. The van der Waals surface area contributed by atoms with Gasteiger partial charge in [-0.25, -0.2) is 4.79 Å². The Morgan fingerprint density at radius 1 is 1.23 bits per heavy atom. The first kappa shape index (κ1) is 22.4. The fourth-order valence-electron chi connectivity index (χ4n) is 4.42.